The molecule has 1 fully saturated rings. The highest BCUT2D eigenvalue weighted by Crippen LogP contribution is 2.35. The summed E-state index contributed by atoms with van der Waals surface area (Å²) in [4.78, 5) is 11.8. The average Bonchev–Trinajstić information content (AvgIpc) is 3.69. The summed E-state index contributed by atoms with van der Waals surface area (Å²) in [7, 11) is 0. The number of halogens is 1. The van der Waals surface area contributed by atoms with Gasteiger partial charge in [0.05, 0.1) is 41.2 Å². The summed E-state index contributed by atoms with van der Waals surface area (Å²) in [6.45, 7) is 0.283. The van der Waals surface area contributed by atoms with Gasteiger partial charge in [-0.3, -0.25) is 0 Å². The van der Waals surface area contributed by atoms with E-state index in [1.807, 2.05) is 48.5 Å². The van der Waals surface area contributed by atoms with Crippen LogP contribution in [0.15, 0.2) is 67.3 Å². The monoisotopic (exact) mass is 512 g/mol. The molecule has 1 aliphatic rings. The van der Waals surface area contributed by atoms with E-state index >= 15 is 0 Å². The molecule has 184 valence electrons. The van der Waals surface area contributed by atoms with Gasteiger partial charge in [0, 0.05) is 12.0 Å². The number of aromatic nitrogens is 5. The van der Waals surface area contributed by atoms with E-state index in [1.54, 1.807) is 17.1 Å². The molecule has 0 saturated carbocycles. The third-order valence-corrected chi connectivity index (χ3v) is 6.66. The number of aromatic amines is 1. The lowest BCUT2D eigenvalue weighted by molar-refractivity contribution is 0.0531. The Bertz CT molecular complexity index is 1590. The number of aliphatic hydroxyl groups excluding tert-OH is 1. The van der Waals surface area contributed by atoms with Gasteiger partial charge in [-0.1, -0.05) is 48.0 Å². The van der Waals surface area contributed by atoms with E-state index in [4.69, 9.17) is 26.1 Å². The first-order valence-corrected chi connectivity index (χ1v) is 12.1. The zero-order valence-electron chi connectivity index (χ0n) is 19.5. The van der Waals surface area contributed by atoms with Crippen molar-refractivity contribution in [2.45, 2.75) is 18.6 Å². The fraction of sp³-hybridized carbons (Fsp3) is 0.185. The van der Waals surface area contributed by atoms with Gasteiger partial charge in [-0.15, -0.1) is 0 Å². The maximum atomic E-state index is 9.85. The molecule has 0 spiro atoms. The normalized spacial score (nSPS) is 17.2. The summed E-state index contributed by atoms with van der Waals surface area (Å²) in [6.07, 6.45) is 3.19. The minimum atomic E-state index is -0.259. The summed E-state index contributed by atoms with van der Waals surface area (Å²) in [5.74, 6) is 0.329. The highest BCUT2D eigenvalue weighted by Gasteiger charge is 2.28. The fourth-order valence-electron chi connectivity index (χ4n) is 4.48. The number of pyridine rings is 1. The number of H-pyrrole nitrogens is 1. The molecule has 0 aliphatic carbocycles. The van der Waals surface area contributed by atoms with Crippen molar-refractivity contribution < 1.29 is 14.6 Å². The zero-order valence-corrected chi connectivity index (χ0v) is 20.3. The largest absolute Gasteiger partial charge is 0.472 e. The average molecular weight is 513 g/mol. The molecule has 2 atom stereocenters. The lowest BCUT2D eigenvalue weighted by Crippen LogP contribution is -2.18. The van der Waals surface area contributed by atoms with Gasteiger partial charge >= 0.3 is 0 Å². The third kappa shape index (κ3) is 4.42. The summed E-state index contributed by atoms with van der Waals surface area (Å²) < 4.78 is 13.2. The number of hydrogen-bond acceptors (Lipinski definition) is 7. The Morgan fingerprint density at radius 1 is 1.14 bits per heavy atom. The molecule has 2 N–H and O–H groups in total. The van der Waals surface area contributed by atoms with Gasteiger partial charge in [-0.25, -0.2) is 14.6 Å². The van der Waals surface area contributed by atoms with Crippen molar-refractivity contribution in [2.24, 2.45) is 0 Å². The van der Waals surface area contributed by atoms with Crippen molar-refractivity contribution in [3.63, 3.8) is 0 Å². The van der Waals surface area contributed by atoms with E-state index in [-0.39, 0.29) is 18.8 Å². The molecule has 3 aromatic heterocycles. The number of hydrogen-bond donors (Lipinski definition) is 2. The maximum absolute atomic E-state index is 9.85. The van der Waals surface area contributed by atoms with Gasteiger partial charge < -0.3 is 19.6 Å². The molecular formula is C27H21ClN6O3. The van der Waals surface area contributed by atoms with Crippen molar-refractivity contribution in [1.29, 1.82) is 5.26 Å². The smallest absolute Gasteiger partial charge is 0.212 e. The number of nitriles is 1. The molecular weight excluding hydrogens is 492 g/mol. The second-order valence-corrected chi connectivity index (χ2v) is 9.14. The Kier molecular flexibility index (Phi) is 6.06. The summed E-state index contributed by atoms with van der Waals surface area (Å²) in [5, 5.41) is 23.7. The first kappa shape index (κ1) is 23.2. The number of ether oxygens (including phenoxy) is 2. The minimum absolute atomic E-state index is 0.0642. The van der Waals surface area contributed by atoms with Crippen molar-refractivity contribution in [3.05, 3.63) is 77.8 Å². The van der Waals surface area contributed by atoms with Crippen LogP contribution in [-0.2, 0) is 4.74 Å². The van der Waals surface area contributed by atoms with E-state index in [0.29, 0.717) is 46.2 Å². The summed E-state index contributed by atoms with van der Waals surface area (Å²) in [5.41, 5.74) is 5.85. The van der Waals surface area contributed by atoms with Gasteiger partial charge in [0.15, 0.2) is 0 Å². The predicted molar refractivity (Wildman–Crippen MR) is 137 cm³/mol. The molecule has 37 heavy (non-hydrogen) atoms. The first-order valence-electron chi connectivity index (χ1n) is 11.7. The van der Waals surface area contributed by atoms with Crippen LogP contribution in [0.1, 0.15) is 12.0 Å². The molecule has 2 aromatic carbocycles. The van der Waals surface area contributed by atoms with E-state index in [9.17, 15) is 10.4 Å². The molecule has 4 heterocycles. The first-order chi connectivity index (χ1) is 18.1. The number of benzene rings is 2. The Balaban J connectivity index is 1.28. The molecule has 10 heteroatoms. The maximum Gasteiger partial charge on any atom is 0.212 e. The molecule has 0 radical (unpaired) electrons. The molecule has 0 bridgehead atoms. The SMILES string of the molecule is N#Cc1c(O[C@@H]2CO[C@H](CO)C2)[nH]c2cc(Cl)c(-c3ccc(-c4ccc(-n5cncn5)cc4)cc3)nc12. The van der Waals surface area contributed by atoms with Gasteiger partial charge in [-0.2, -0.15) is 10.4 Å². The second-order valence-electron chi connectivity index (χ2n) is 8.73. The number of rotatable bonds is 6. The predicted octanol–water partition coefficient (Wildman–Crippen LogP) is 4.53. The van der Waals surface area contributed by atoms with Crippen LogP contribution in [0.3, 0.4) is 0 Å². The van der Waals surface area contributed by atoms with Crippen LogP contribution >= 0.6 is 11.6 Å². The van der Waals surface area contributed by atoms with Crippen LogP contribution in [0.25, 0.3) is 39.1 Å². The highest BCUT2D eigenvalue weighted by atomic mass is 35.5. The Morgan fingerprint density at radius 3 is 2.51 bits per heavy atom. The number of nitrogens with zero attached hydrogens (tertiary/aromatic N) is 5. The van der Waals surface area contributed by atoms with Gasteiger partial charge in [0.25, 0.3) is 0 Å². The van der Waals surface area contributed by atoms with Crippen LogP contribution in [0.5, 0.6) is 5.88 Å². The Hall–Kier alpha value is -4.23. The van der Waals surface area contributed by atoms with Crippen LogP contribution in [-0.4, -0.2) is 55.3 Å². The Morgan fingerprint density at radius 2 is 1.86 bits per heavy atom. The highest BCUT2D eigenvalue weighted by molar-refractivity contribution is 6.33. The fourth-order valence-corrected chi connectivity index (χ4v) is 4.74. The minimum Gasteiger partial charge on any atom is -0.472 e. The lowest BCUT2D eigenvalue weighted by atomic mass is 10.0. The van der Waals surface area contributed by atoms with Crippen molar-refractivity contribution in [1.82, 2.24) is 24.7 Å². The molecule has 0 unspecified atom stereocenters. The van der Waals surface area contributed by atoms with Crippen LogP contribution < -0.4 is 4.74 Å². The van der Waals surface area contributed by atoms with E-state index in [1.165, 1.54) is 6.33 Å². The van der Waals surface area contributed by atoms with Gasteiger partial charge in [0.2, 0.25) is 5.88 Å². The quantitative estimate of drug-likeness (QED) is 0.342. The molecule has 6 rings (SSSR count). The number of nitrogens with one attached hydrogen (secondary N) is 1. The van der Waals surface area contributed by atoms with Crippen LogP contribution in [0.2, 0.25) is 5.02 Å². The van der Waals surface area contributed by atoms with Crippen molar-refractivity contribution in [3.8, 4) is 40.0 Å². The lowest BCUT2D eigenvalue weighted by Gasteiger charge is -2.10. The van der Waals surface area contributed by atoms with E-state index in [2.05, 4.69) is 21.1 Å². The third-order valence-electron chi connectivity index (χ3n) is 6.37. The molecule has 5 aromatic rings. The van der Waals surface area contributed by atoms with Gasteiger partial charge in [0.1, 0.15) is 35.9 Å². The second kappa shape index (κ2) is 9.67. The zero-order chi connectivity index (χ0) is 25.4. The number of aliphatic hydroxyl groups is 1. The molecule has 0 amide bonds. The summed E-state index contributed by atoms with van der Waals surface area (Å²) in [6, 6.07) is 19.9. The van der Waals surface area contributed by atoms with Gasteiger partial charge in [-0.05, 0) is 29.3 Å². The molecule has 1 saturated heterocycles. The molecule has 9 nitrogen and oxygen atoms in total. The standard InChI is InChI=1S/C27H21ClN6O3/c28-23-10-24-26(22(11-29)27(32-24)37-21-9-20(12-35)36-13-21)33-25(23)18-3-1-16(2-4-18)17-5-7-19(8-6-17)34-15-30-14-31-34/h1-8,10,14-15,20-21,32,35H,9,12-13H2/t20-,21-/m0/s1. The van der Waals surface area contributed by atoms with E-state index < -0.39 is 0 Å². The van der Waals surface area contributed by atoms with Crippen molar-refractivity contribution in [2.75, 3.05) is 13.2 Å². The summed E-state index contributed by atoms with van der Waals surface area (Å²) >= 11 is 6.61. The van der Waals surface area contributed by atoms with E-state index in [0.717, 1.165) is 22.4 Å². The Labute approximate surface area is 216 Å². The topological polar surface area (TPSA) is 122 Å². The van der Waals surface area contributed by atoms with Crippen LogP contribution in [0.4, 0.5) is 0 Å². The number of fused-ring (bicyclic) bond motifs is 1. The molecule has 1 aliphatic heterocycles. The van der Waals surface area contributed by atoms with Crippen LogP contribution in [0, 0.1) is 11.3 Å². The van der Waals surface area contributed by atoms with Crippen molar-refractivity contribution >= 4 is 22.6 Å².